The van der Waals surface area contributed by atoms with Crippen LogP contribution in [0.5, 0.6) is 0 Å². The van der Waals surface area contributed by atoms with Gasteiger partial charge in [-0.15, -0.1) is 0 Å². The van der Waals surface area contributed by atoms with Crippen LogP contribution in [0.4, 0.5) is 0 Å². The van der Waals surface area contributed by atoms with Gasteiger partial charge in [0, 0.05) is 18.0 Å². The van der Waals surface area contributed by atoms with Crippen molar-refractivity contribution >= 4 is 5.91 Å². The molecule has 4 rings (SSSR count). The minimum atomic E-state index is 0.0252. The van der Waals surface area contributed by atoms with Crippen molar-refractivity contribution in [3.63, 3.8) is 0 Å². The summed E-state index contributed by atoms with van der Waals surface area (Å²) < 4.78 is 4.74. The summed E-state index contributed by atoms with van der Waals surface area (Å²) in [7, 11) is 0. The van der Waals surface area contributed by atoms with Crippen LogP contribution in [0.2, 0.25) is 0 Å². The van der Waals surface area contributed by atoms with E-state index in [1.807, 2.05) is 0 Å². The molecular weight excluding hydrogens is 264 g/mol. The molecule has 2 atom stereocenters. The molecule has 2 aliphatic carbocycles. The summed E-state index contributed by atoms with van der Waals surface area (Å²) in [6.45, 7) is 0.769. The van der Waals surface area contributed by atoms with Gasteiger partial charge in [0.1, 0.15) is 6.26 Å². The molecule has 1 aromatic carbocycles. The first kappa shape index (κ1) is 12.6. The molecule has 1 spiro atoms. The molecule has 0 unspecified atom stereocenters. The topological polar surface area (TPSA) is 55.1 Å². The third-order valence-electron chi connectivity index (χ3n) is 5.00. The Morgan fingerprint density at radius 2 is 2.29 bits per heavy atom. The van der Waals surface area contributed by atoms with E-state index >= 15 is 0 Å². The third kappa shape index (κ3) is 2.15. The van der Waals surface area contributed by atoms with Crippen molar-refractivity contribution in [1.82, 2.24) is 10.5 Å². The summed E-state index contributed by atoms with van der Waals surface area (Å²) in [5, 5.41) is 6.81. The molecule has 1 heterocycles. The van der Waals surface area contributed by atoms with E-state index in [9.17, 15) is 4.79 Å². The number of hydrogen-bond donors (Lipinski definition) is 1. The number of aromatic nitrogens is 1. The number of rotatable bonds is 4. The Kier molecular flexibility index (Phi) is 2.84. The maximum atomic E-state index is 11.9. The Labute approximate surface area is 123 Å². The normalized spacial score (nSPS) is 25.8. The van der Waals surface area contributed by atoms with Gasteiger partial charge in [0.15, 0.2) is 0 Å². The fourth-order valence-corrected chi connectivity index (χ4v) is 3.79. The highest BCUT2D eigenvalue weighted by Crippen LogP contribution is 2.61. The van der Waals surface area contributed by atoms with Gasteiger partial charge in [0.05, 0.1) is 12.1 Å². The smallest absolute Gasteiger partial charge is 0.226 e. The lowest BCUT2D eigenvalue weighted by atomic mass is 9.95. The van der Waals surface area contributed by atoms with E-state index < -0.39 is 0 Å². The molecule has 1 saturated carbocycles. The molecule has 0 radical (unpaired) electrons. The van der Waals surface area contributed by atoms with Crippen LogP contribution in [-0.4, -0.2) is 17.6 Å². The van der Waals surface area contributed by atoms with Crippen molar-refractivity contribution in [3.8, 4) is 0 Å². The van der Waals surface area contributed by atoms with E-state index in [1.165, 1.54) is 36.7 Å². The lowest BCUT2D eigenvalue weighted by molar-refractivity contribution is -0.120. The van der Waals surface area contributed by atoms with E-state index in [2.05, 4.69) is 34.7 Å². The summed E-state index contributed by atoms with van der Waals surface area (Å²) in [4.78, 5) is 11.9. The number of hydrogen-bond acceptors (Lipinski definition) is 3. The van der Waals surface area contributed by atoms with Gasteiger partial charge in [-0.2, -0.15) is 0 Å². The number of amides is 1. The number of carbonyl (C=O) groups is 1. The average Bonchev–Trinajstić information content (AvgIpc) is 2.83. The molecule has 0 aliphatic heterocycles. The first-order valence-electron chi connectivity index (χ1n) is 7.52. The van der Waals surface area contributed by atoms with Gasteiger partial charge in [-0.1, -0.05) is 29.4 Å². The molecule has 21 heavy (non-hydrogen) atoms. The number of nitrogens with zero attached hydrogens (tertiary/aromatic N) is 1. The minimum absolute atomic E-state index is 0.0252. The molecular formula is C17H18N2O2. The standard InChI is InChI=1S/C17H18N2O2/c20-16(9-14-6-8-21-19-14)18-11-13-10-17(13)7-5-12-3-1-2-4-15(12)17/h1-4,6,8,13H,5,7,9-11H2,(H,18,20)/t13-,17-/m0/s1. The van der Waals surface area contributed by atoms with E-state index in [0.717, 1.165) is 6.54 Å². The van der Waals surface area contributed by atoms with Crippen molar-refractivity contribution in [2.24, 2.45) is 5.92 Å². The summed E-state index contributed by atoms with van der Waals surface area (Å²) in [6.07, 6.45) is 5.41. The highest BCUT2D eigenvalue weighted by atomic mass is 16.5. The zero-order valence-corrected chi connectivity index (χ0v) is 11.8. The van der Waals surface area contributed by atoms with E-state index in [0.29, 0.717) is 23.4 Å². The van der Waals surface area contributed by atoms with Gasteiger partial charge in [-0.25, -0.2) is 0 Å². The van der Waals surface area contributed by atoms with Gasteiger partial charge < -0.3 is 9.84 Å². The van der Waals surface area contributed by atoms with Gasteiger partial charge in [0.25, 0.3) is 0 Å². The van der Waals surface area contributed by atoms with Crippen molar-refractivity contribution in [3.05, 3.63) is 53.4 Å². The Morgan fingerprint density at radius 3 is 3.14 bits per heavy atom. The van der Waals surface area contributed by atoms with E-state index in [-0.39, 0.29) is 5.91 Å². The fourth-order valence-electron chi connectivity index (χ4n) is 3.79. The monoisotopic (exact) mass is 282 g/mol. The third-order valence-corrected chi connectivity index (χ3v) is 5.00. The van der Waals surface area contributed by atoms with Crippen molar-refractivity contribution < 1.29 is 9.32 Å². The number of nitrogens with one attached hydrogen (secondary N) is 1. The Balaban J connectivity index is 1.35. The summed E-state index contributed by atoms with van der Waals surface area (Å²) >= 11 is 0. The summed E-state index contributed by atoms with van der Waals surface area (Å²) in [5.41, 5.74) is 4.04. The fraction of sp³-hybridized carbons (Fsp3) is 0.412. The first-order valence-corrected chi connectivity index (χ1v) is 7.52. The molecule has 1 fully saturated rings. The minimum Gasteiger partial charge on any atom is -0.364 e. The molecule has 1 amide bonds. The zero-order valence-electron chi connectivity index (χ0n) is 11.8. The van der Waals surface area contributed by atoms with Crippen molar-refractivity contribution in [2.45, 2.75) is 31.1 Å². The Hall–Kier alpha value is -2.10. The van der Waals surface area contributed by atoms with Gasteiger partial charge in [0.2, 0.25) is 5.91 Å². The van der Waals surface area contributed by atoms with Crippen LogP contribution in [0.1, 0.15) is 29.7 Å². The number of fused-ring (bicyclic) bond motifs is 2. The van der Waals surface area contributed by atoms with Crippen LogP contribution in [0.15, 0.2) is 41.1 Å². The highest BCUT2D eigenvalue weighted by Gasteiger charge is 2.57. The number of aryl methyl sites for hydroxylation is 1. The zero-order chi connectivity index (χ0) is 14.3. The molecule has 108 valence electrons. The molecule has 1 aromatic heterocycles. The summed E-state index contributed by atoms with van der Waals surface area (Å²) in [5.74, 6) is 0.611. The molecule has 2 aromatic rings. The SMILES string of the molecule is O=C(Cc1ccon1)NC[C@@H]1C[C@@]12CCc1ccccc12. The van der Waals surface area contributed by atoms with Gasteiger partial charge in [-0.05, 0) is 36.3 Å². The molecule has 4 nitrogen and oxygen atoms in total. The average molecular weight is 282 g/mol. The lowest BCUT2D eigenvalue weighted by Gasteiger charge is -2.12. The van der Waals surface area contributed by atoms with Crippen LogP contribution >= 0.6 is 0 Å². The quantitative estimate of drug-likeness (QED) is 0.935. The second kappa shape index (κ2) is 4.72. The lowest BCUT2D eigenvalue weighted by Crippen LogP contribution is -2.29. The van der Waals surface area contributed by atoms with Crippen LogP contribution in [0.3, 0.4) is 0 Å². The summed E-state index contributed by atoms with van der Waals surface area (Å²) in [6, 6.07) is 10.5. The van der Waals surface area contributed by atoms with Crippen LogP contribution in [0.25, 0.3) is 0 Å². The Bertz CT molecular complexity index is 665. The van der Waals surface area contributed by atoms with E-state index in [1.54, 1.807) is 6.07 Å². The van der Waals surface area contributed by atoms with Crippen molar-refractivity contribution in [2.75, 3.05) is 6.54 Å². The van der Waals surface area contributed by atoms with Gasteiger partial charge >= 0.3 is 0 Å². The molecule has 1 N–H and O–H groups in total. The molecule has 0 bridgehead atoms. The second-order valence-electron chi connectivity index (χ2n) is 6.19. The predicted molar refractivity (Wildman–Crippen MR) is 77.8 cm³/mol. The molecule has 2 aliphatic rings. The highest BCUT2D eigenvalue weighted by molar-refractivity contribution is 5.78. The van der Waals surface area contributed by atoms with Crippen LogP contribution in [0, 0.1) is 5.92 Å². The predicted octanol–water partition coefficient (Wildman–Crippen LogP) is 2.24. The van der Waals surface area contributed by atoms with Crippen LogP contribution < -0.4 is 5.32 Å². The maximum Gasteiger partial charge on any atom is 0.226 e. The maximum absolute atomic E-state index is 11.9. The molecule has 4 heteroatoms. The number of carbonyl (C=O) groups excluding carboxylic acids is 1. The molecule has 0 saturated heterocycles. The van der Waals surface area contributed by atoms with Gasteiger partial charge in [-0.3, -0.25) is 4.79 Å². The second-order valence-corrected chi connectivity index (χ2v) is 6.19. The Morgan fingerprint density at radius 1 is 1.38 bits per heavy atom. The first-order chi connectivity index (χ1) is 10.3. The van der Waals surface area contributed by atoms with Crippen molar-refractivity contribution in [1.29, 1.82) is 0 Å². The number of benzene rings is 1. The van der Waals surface area contributed by atoms with Crippen LogP contribution in [-0.2, 0) is 23.1 Å². The van der Waals surface area contributed by atoms with E-state index in [4.69, 9.17) is 4.52 Å². The largest absolute Gasteiger partial charge is 0.364 e.